The predicted molar refractivity (Wildman–Crippen MR) is 117 cm³/mol. The molecule has 0 radical (unpaired) electrons. The third-order valence-electron chi connectivity index (χ3n) is 4.87. The minimum atomic E-state index is -1.04. The Labute approximate surface area is 194 Å². The van der Waals surface area contributed by atoms with E-state index in [-0.39, 0.29) is 19.0 Å². The molecule has 2 aromatic carbocycles. The summed E-state index contributed by atoms with van der Waals surface area (Å²) >= 11 is 0. The van der Waals surface area contributed by atoms with Gasteiger partial charge in [0, 0.05) is 24.4 Å². The van der Waals surface area contributed by atoms with Gasteiger partial charge in [0.1, 0.15) is 0 Å². The van der Waals surface area contributed by atoms with Crippen molar-refractivity contribution in [3.63, 3.8) is 0 Å². The van der Waals surface area contributed by atoms with E-state index in [2.05, 4.69) is 5.32 Å². The van der Waals surface area contributed by atoms with Crippen LogP contribution in [0.3, 0.4) is 0 Å². The smallest absolute Gasteiger partial charge is 0.412 e. The lowest BCUT2D eigenvalue weighted by atomic mass is 9.99. The van der Waals surface area contributed by atoms with Crippen LogP contribution in [-0.2, 0) is 14.3 Å². The molecular weight excluding hydrogens is 451 g/mol. The van der Waals surface area contributed by atoms with Crippen LogP contribution in [0.25, 0.3) is 0 Å². The molecule has 0 spiro atoms. The first-order valence-electron chi connectivity index (χ1n) is 10.5. The Balaban J connectivity index is 1.78. The number of hydroxylamine groups is 1. The number of benzene rings is 2. The van der Waals surface area contributed by atoms with E-state index in [0.29, 0.717) is 30.0 Å². The van der Waals surface area contributed by atoms with Crippen molar-refractivity contribution in [2.24, 2.45) is 0 Å². The van der Waals surface area contributed by atoms with Gasteiger partial charge in [-0.3, -0.25) is 15.3 Å². The summed E-state index contributed by atoms with van der Waals surface area (Å²) in [6.45, 7) is 2.11. The number of allylic oxidation sites excluding steroid dienone is 1. The van der Waals surface area contributed by atoms with Gasteiger partial charge in [0.2, 0.25) is 6.79 Å². The largest absolute Gasteiger partial charge is 0.505 e. The number of anilines is 1. The average molecular weight is 476 g/mol. The number of hydrogen-bond acceptors (Lipinski definition) is 8. The summed E-state index contributed by atoms with van der Waals surface area (Å²) in [5, 5.41) is 20.7. The summed E-state index contributed by atoms with van der Waals surface area (Å²) in [5.41, 5.74) is 2.16. The molecule has 0 aliphatic carbocycles. The van der Waals surface area contributed by atoms with E-state index in [1.54, 1.807) is 25.1 Å². The van der Waals surface area contributed by atoms with Gasteiger partial charge in [0.15, 0.2) is 29.2 Å². The quantitative estimate of drug-likeness (QED) is 0.231. The molecule has 2 atom stereocenters. The zero-order chi connectivity index (χ0) is 24.5. The molecular formula is C23H25FN2O8. The molecule has 11 heteroatoms. The fourth-order valence-electron chi connectivity index (χ4n) is 3.32. The first-order valence-corrected chi connectivity index (χ1v) is 10.5. The molecule has 1 heterocycles. The Morgan fingerprint density at radius 3 is 2.74 bits per heavy atom. The molecule has 182 valence electrons. The van der Waals surface area contributed by atoms with Crippen molar-refractivity contribution >= 4 is 17.7 Å². The highest BCUT2D eigenvalue weighted by Gasteiger charge is 2.28. The van der Waals surface area contributed by atoms with E-state index in [1.165, 1.54) is 17.6 Å². The zero-order valence-electron chi connectivity index (χ0n) is 18.3. The van der Waals surface area contributed by atoms with Crippen LogP contribution in [0.15, 0.2) is 48.6 Å². The van der Waals surface area contributed by atoms with Crippen LogP contribution in [-0.4, -0.2) is 41.8 Å². The van der Waals surface area contributed by atoms with Gasteiger partial charge in [-0.15, -0.1) is 0 Å². The van der Waals surface area contributed by atoms with Crippen LogP contribution in [0.1, 0.15) is 31.4 Å². The maximum atomic E-state index is 14.1. The monoisotopic (exact) mass is 476 g/mol. The third kappa shape index (κ3) is 6.59. The minimum absolute atomic E-state index is 0.0855. The number of fused-ring (bicyclic) bond motifs is 1. The van der Waals surface area contributed by atoms with Crippen LogP contribution >= 0.6 is 0 Å². The van der Waals surface area contributed by atoms with E-state index < -0.39 is 35.8 Å². The number of aromatic hydroxyl groups is 1. The second kappa shape index (κ2) is 11.9. The molecule has 0 aromatic heterocycles. The maximum absolute atomic E-state index is 14.1. The number of ether oxygens (including phenoxy) is 4. The first-order chi connectivity index (χ1) is 16.4. The van der Waals surface area contributed by atoms with Crippen molar-refractivity contribution in [3.8, 4) is 17.2 Å². The van der Waals surface area contributed by atoms with Gasteiger partial charge in [0.05, 0.1) is 6.10 Å². The number of hydrogen-bond donors (Lipinski definition) is 4. The molecule has 0 saturated carbocycles. The van der Waals surface area contributed by atoms with Gasteiger partial charge >= 0.3 is 6.09 Å². The van der Waals surface area contributed by atoms with Crippen molar-refractivity contribution in [1.29, 1.82) is 0 Å². The van der Waals surface area contributed by atoms with Crippen LogP contribution in [0.5, 0.6) is 17.2 Å². The van der Waals surface area contributed by atoms with Gasteiger partial charge in [-0.1, -0.05) is 12.1 Å². The maximum Gasteiger partial charge on any atom is 0.412 e. The average Bonchev–Trinajstić information content (AvgIpc) is 3.29. The number of rotatable bonds is 10. The zero-order valence-corrected chi connectivity index (χ0v) is 18.3. The van der Waals surface area contributed by atoms with Gasteiger partial charge in [-0.05, 0) is 49.6 Å². The first kappa shape index (κ1) is 24.8. The summed E-state index contributed by atoms with van der Waals surface area (Å²) < 4.78 is 36.0. The Morgan fingerprint density at radius 1 is 1.21 bits per heavy atom. The van der Waals surface area contributed by atoms with Crippen LogP contribution in [0, 0.1) is 5.82 Å². The predicted octanol–water partition coefficient (Wildman–Crippen LogP) is 3.80. The van der Waals surface area contributed by atoms with E-state index in [4.69, 9.17) is 24.2 Å². The lowest BCUT2D eigenvalue weighted by molar-refractivity contribution is -0.124. The summed E-state index contributed by atoms with van der Waals surface area (Å²) in [4.78, 5) is 23.9. The van der Waals surface area contributed by atoms with Gasteiger partial charge in [-0.25, -0.2) is 14.7 Å². The van der Waals surface area contributed by atoms with Crippen molar-refractivity contribution in [1.82, 2.24) is 5.48 Å². The molecule has 2 amide bonds. The summed E-state index contributed by atoms with van der Waals surface area (Å²) in [6, 6.07) is 8.48. The molecule has 0 bridgehead atoms. The molecule has 1 aliphatic heterocycles. The molecule has 2 aromatic rings. The van der Waals surface area contributed by atoms with Crippen LogP contribution in [0.2, 0.25) is 0 Å². The number of phenolic OH excluding ortho intramolecular Hbond substituents is 1. The second-order valence-electron chi connectivity index (χ2n) is 7.18. The summed E-state index contributed by atoms with van der Waals surface area (Å²) in [5.74, 6) is -1.09. The highest BCUT2D eigenvalue weighted by Crippen LogP contribution is 2.35. The number of carbonyl (C=O) groups excluding carboxylic acids is 2. The molecule has 0 saturated heterocycles. The van der Waals surface area contributed by atoms with Gasteiger partial charge in [0.25, 0.3) is 5.91 Å². The highest BCUT2D eigenvalue weighted by molar-refractivity contribution is 5.86. The van der Waals surface area contributed by atoms with Crippen molar-refractivity contribution in [2.45, 2.75) is 32.0 Å². The summed E-state index contributed by atoms with van der Waals surface area (Å²) in [7, 11) is 0. The molecule has 0 fully saturated rings. The SMILES string of the molecule is CCO[C@@H](CC/C=C/C(=O)NO)[C@@H](OC(=O)Nc1ccc2c(c1)OCO2)c1ccc(O)c(F)c1. The summed E-state index contributed by atoms with van der Waals surface area (Å²) in [6.07, 6.45) is 0.722. The Morgan fingerprint density at radius 2 is 2.00 bits per heavy atom. The number of carbonyl (C=O) groups is 2. The molecule has 0 unspecified atom stereocenters. The topological polar surface area (TPSA) is 136 Å². The molecule has 34 heavy (non-hydrogen) atoms. The molecule has 4 N–H and O–H groups in total. The van der Waals surface area contributed by atoms with Crippen molar-refractivity contribution < 1.29 is 43.2 Å². The number of phenols is 1. The van der Waals surface area contributed by atoms with Crippen molar-refractivity contribution in [3.05, 3.63) is 59.9 Å². The second-order valence-corrected chi connectivity index (χ2v) is 7.18. The standard InChI is InChI=1S/C23H25FN2O8/c1-2-31-19(5-3-4-6-21(28)26-30)22(14-7-9-17(27)16(24)11-14)34-23(29)25-15-8-10-18-20(12-15)33-13-32-18/h4,6-12,19,22,27,30H,2-3,5,13H2,1H3,(H,25,29)(H,26,28)/b6-4+/t19-,22-/m0/s1. The van der Waals surface area contributed by atoms with E-state index in [0.717, 1.165) is 18.2 Å². The molecule has 10 nitrogen and oxygen atoms in total. The number of amides is 2. The lowest BCUT2D eigenvalue weighted by Crippen LogP contribution is -2.29. The van der Waals surface area contributed by atoms with E-state index >= 15 is 0 Å². The van der Waals surface area contributed by atoms with Crippen LogP contribution < -0.4 is 20.3 Å². The molecule has 1 aliphatic rings. The highest BCUT2D eigenvalue weighted by atomic mass is 19.1. The van der Waals surface area contributed by atoms with Gasteiger partial charge < -0.3 is 24.1 Å². The Bertz CT molecular complexity index is 1050. The van der Waals surface area contributed by atoms with E-state index in [1.807, 2.05) is 0 Å². The number of nitrogens with one attached hydrogen (secondary N) is 2. The Kier molecular flexibility index (Phi) is 8.66. The van der Waals surface area contributed by atoms with E-state index in [9.17, 15) is 19.1 Å². The normalized spacial score (nSPS) is 14.0. The third-order valence-corrected chi connectivity index (χ3v) is 4.87. The Hall–Kier alpha value is -3.83. The van der Waals surface area contributed by atoms with Gasteiger partial charge in [-0.2, -0.15) is 0 Å². The fraction of sp³-hybridized carbons (Fsp3) is 0.304. The molecule has 3 rings (SSSR count). The van der Waals surface area contributed by atoms with Crippen LogP contribution in [0.4, 0.5) is 14.9 Å². The number of halogens is 1. The fourth-order valence-corrected chi connectivity index (χ4v) is 3.32. The minimum Gasteiger partial charge on any atom is -0.505 e. The van der Waals surface area contributed by atoms with Crippen molar-refractivity contribution in [2.75, 3.05) is 18.7 Å². The lowest BCUT2D eigenvalue weighted by Gasteiger charge is -2.27.